The zero-order valence-electron chi connectivity index (χ0n) is 16.6. The molecule has 3 heterocycles. The first kappa shape index (κ1) is 20.2. The van der Waals surface area contributed by atoms with Gasteiger partial charge in [0.2, 0.25) is 0 Å². The van der Waals surface area contributed by atoms with E-state index in [1.54, 1.807) is 23.1 Å². The Morgan fingerprint density at radius 2 is 1.90 bits per heavy atom. The highest BCUT2D eigenvalue weighted by Gasteiger charge is 2.59. The number of hydrogen-bond acceptors (Lipinski definition) is 4. The monoisotopic (exact) mass is 456 g/mol. The molecule has 31 heavy (non-hydrogen) atoms. The normalized spacial score (nSPS) is 20.0. The number of carbonyl (C=O) groups is 2. The number of fused-ring (bicyclic) bond motifs is 2. The van der Waals surface area contributed by atoms with Gasteiger partial charge in [0.05, 0.1) is 17.1 Å². The molecule has 1 spiro atoms. The molecule has 8 heteroatoms. The molecule has 1 fully saturated rings. The topological polar surface area (TPSA) is 40.6 Å². The molecule has 0 bridgehead atoms. The lowest BCUT2D eigenvalue weighted by Gasteiger charge is -2.33. The van der Waals surface area contributed by atoms with Gasteiger partial charge in [-0.1, -0.05) is 29.8 Å². The zero-order valence-corrected chi connectivity index (χ0v) is 18.2. The van der Waals surface area contributed by atoms with Gasteiger partial charge >= 0.3 is 0 Å². The summed E-state index contributed by atoms with van der Waals surface area (Å²) in [5.74, 6) is -1.36. The summed E-state index contributed by atoms with van der Waals surface area (Å²) >= 11 is 2.73. The number of thioether (sulfide) groups is 1. The third-order valence-electron chi connectivity index (χ3n) is 5.70. The molecular weight excluding hydrogens is 438 g/mol. The van der Waals surface area contributed by atoms with E-state index in [9.17, 15) is 18.4 Å². The van der Waals surface area contributed by atoms with Gasteiger partial charge in [-0.2, -0.15) is 0 Å². The van der Waals surface area contributed by atoms with Gasteiger partial charge < -0.3 is 9.80 Å². The van der Waals surface area contributed by atoms with Crippen molar-refractivity contribution in [3.8, 4) is 0 Å². The SMILES string of the molecule is Cc1ccc2c(c1)[C@]1(SCCN1C(=O)c1cccs1)C(=O)N2Cc1c(F)cccc1F. The molecule has 0 saturated carbocycles. The van der Waals surface area contributed by atoms with Gasteiger partial charge in [0, 0.05) is 23.4 Å². The van der Waals surface area contributed by atoms with Crippen LogP contribution in [-0.2, 0) is 16.2 Å². The van der Waals surface area contributed by atoms with Crippen LogP contribution in [0.2, 0.25) is 0 Å². The predicted molar refractivity (Wildman–Crippen MR) is 118 cm³/mol. The molecule has 4 nitrogen and oxygen atoms in total. The highest BCUT2D eigenvalue weighted by atomic mass is 32.2. The van der Waals surface area contributed by atoms with Crippen LogP contribution in [-0.4, -0.2) is 29.0 Å². The van der Waals surface area contributed by atoms with E-state index in [1.807, 2.05) is 24.4 Å². The molecule has 2 aliphatic heterocycles. The maximum absolute atomic E-state index is 14.4. The van der Waals surface area contributed by atoms with E-state index in [0.29, 0.717) is 28.4 Å². The molecule has 0 radical (unpaired) electrons. The third-order valence-corrected chi connectivity index (χ3v) is 7.98. The standard InChI is InChI=1S/C23H18F2N2O2S2/c1-14-7-8-19-16(12-14)23(27(9-11-31-23)21(28)20-6-3-10-30-20)22(29)26(19)13-15-17(24)4-2-5-18(15)25/h2-8,10,12H,9,11,13H2,1H3/t23-/m0/s1. The van der Waals surface area contributed by atoms with Crippen molar-refractivity contribution < 1.29 is 18.4 Å². The van der Waals surface area contributed by atoms with Crippen LogP contribution in [0.1, 0.15) is 26.4 Å². The van der Waals surface area contributed by atoms with Crippen LogP contribution in [0, 0.1) is 18.6 Å². The second-order valence-electron chi connectivity index (χ2n) is 7.54. The summed E-state index contributed by atoms with van der Waals surface area (Å²) in [4.78, 5) is 29.5. The Labute approximate surface area is 186 Å². The number of thiophene rings is 1. The van der Waals surface area contributed by atoms with Crippen LogP contribution in [0.3, 0.4) is 0 Å². The Morgan fingerprint density at radius 3 is 2.61 bits per heavy atom. The number of hydrogen-bond donors (Lipinski definition) is 0. The van der Waals surface area contributed by atoms with Crippen molar-refractivity contribution in [2.45, 2.75) is 18.3 Å². The number of benzene rings is 2. The Balaban J connectivity index is 1.63. The minimum absolute atomic E-state index is 0.168. The first-order valence-corrected chi connectivity index (χ1v) is 11.7. The largest absolute Gasteiger partial charge is 0.310 e. The molecule has 2 amide bonds. The number of anilines is 1. The molecule has 0 aliphatic carbocycles. The fraction of sp³-hybridized carbons (Fsp3) is 0.217. The first-order chi connectivity index (χ1) is 14.9. The minimum atomic E-state index is -1.23. The quantitative estimate of drug-likeness (QED) is 0.562. The lowest BCUT2D eigenvalue weighted by atomic mass is 10.0. The van der Waals surface area contributed by atoms with Crippen LogP contribution in [0.4, 0.5) is 14.5 Å². The third kappa shape index (κ3) is 3.00. The lowest BCUT2D eigenvalue weighted by Crippen LogP contribution is -2.50. The fourth-order valence-corrected chi connectivity index (χ4v) is 6.38. The van der Waals surface area contributed by atoms with Crippen LogP contribution < -0.4 is 4.90 Å². The molecular formula is C23H18F2N2O2S2. The Morgan fingerprint density at radius 1 is 1.13 bits per heavy atom. The van der Waals surface area contributed by atoms with Crippen molar-refractivity contribution in [3.05, 3.63) is 87.1 Å². The van der Waals surface area contributed by atoms with E-state index >= 15 is 0 Å². The number of amides is 2. The zero-order chi connectivity index (χ0) is 21.8. The molecule has 1 aromatic heterocycles. The molecule has 2 aromatic carbocycles. The van der Waals surface area contributed by atoms with Gasteiger partial charge in [-0.3, -0.25) is 9.59 Å². The van der Waals surface area contributed by atoms with Crippen molar-refractivity contribution in [2.24, 2.45) is 0 Å². The summed E-state index contributed by atoms with van der Waals surface area (Å²) < 4.78 is 28.8. The van der Waals surface area contributed by atoms with E-state index in [0.717, 1.165) is 5.56 Å². The molecule has 1 saturated heterocycles. The van der Waals surface area contributed by atoms with Gasteiger partial charge in [-0.15, -0.1) is 23.1 Å². The molecule has 0 unspecified atom stereocenters. The second-order valence-corrected chi connectivity index (χ2v) is 9.77. The molecule has 1 atom stereocenters. The fourth-order valence-electron chi connectivity index (χ4n) is 4.26. The van der Waals surface area contributed by atoms with Crippen molar-refractivity contribution in [1.29, 1.82) is 0 Å². The summed E-state index contributed by atoms with van der Waals surface area (Å²) in [6.45, 7) is 2.10. The lowest BCUT2D eigenvalue weighted by molar-refractivity contribution is -0.123. The van der Waals surface area contributed by atoms with E-state index in [1.165, 1.54) is 46.2 Å². The molecule has 5 rings (SSSR count). The maximum atomic E-state index is 14.4. The Kier molecular flexibility index (Phi) is 4.86. The van der Waals surface area contributed by atoms with E-state index in [2.05, 4.69) is 0 Å². The van der Waals surface area contributed by atoms with Gasteiger partial charge in [0.1, 0.15) is 11.6 Å². The summed E-state index contributed by atoms with van der Waals surface area (Å²) in [6.07, 6.45) is 0. The molecule has 3 aromatic rings. The summed E-state index contributed by atoms with van der Waals surface area (Å²) in [5, 5.41) is 1.82. The number of aryl methyl sites for hydroxylation is 1. The number of carbonyl (C=O) groups excluding carboxylic acids is 2. The number of halogens is 2. The van der Waals surface area contributed by atoms with Crippen molar-refractivity contribution in [2.75, 3.05) is 17.2 Å². The van der Waals surface area contributed by atoms with Crippen LogP contribution >= 0.6 is 23.1 Å². The first-order valence-electron chi connectivity index (χ1n) is 9.79. The van der Waals surface area contributed by atoms with Gasteiger partial charge in [0.25, 0.3) is 11.8 Å². The second kappa shape index (κ2) is 7.46. The van der Waals surface area contributed by atoms with Gasteiger partial charge in [-0.25, -0.2) is 8.78 Å². The number of rotatable bonds is 3. The summed E-state index contributed by atoms with van der Waals surface area (Å²) in [5.41, 5.74) is 2.05. The minimum Gasteiger partial charge on any atom is -0.310 e. The van der Waals surface area contributed by atoms with Gasteiger partial charge in [0.15, 0.2) is 4.87 Å². The summed E-state index contributed by atoms with van der Waals surface area (Å²) in [6, 6.07) is 12.8. The van der Waals surface area contributed by atoms with E-state index in [-0.39, 0.29) is 23.9 Å². The van der Waals surface area contributed by atoms with Gasteiger partial charge in [-0.05, 0) is 36.6 Å². The maximum Gasteiger partial charge on any atom is 0.268 e. The van der Waals surface area contributed by atoms with Crippen LogP contribution in [0.25, 0.3) is 0 Å². The van der Waals surface area contributed by atoms with E-state index < -0.39 is 16.5 Å². The smallest absolute Gasteiger partial charge is 0.268 e. The van der Waals surface area contributed by atoms with Crippen molar-refractivity contribution in [3.63, 3.8) is 0 Å². The van der Waals surface area contributed by atoms with Crippen LogP contribution in [0.5, 0.6) is 0 Å². The summed E-state index contributed by atoms with van der Waals surface area (Å²) in [7, 11) is 0. The average Bonchev–Trinajstić information content (AvgIpc) is 3.47. The van der Waals surface area contributed by atoms with Crippen molar-refractivity contribution in [1.82, 2.24) is 4.90 Å². The highest BCUT2D eigenvalue weighted by Crippen LogP contribution is 2.55. The predicted octanol–water partition coefficient (Wildman–Crippen LogP) is 4.92. The molecule has 2 aliphatic rings. The molecule has 158 valence electrons. The van der Waals surface area contributed by atoms with Crippen LogP contribution in [0.15, 0.2) is 53.9 Å². The van der Waals surface area contributed by atoms with E-state index in [4.69, 9.17) is 0 Å². The molecule has 0 N–H and O–H groups in total. The Bertz CT molecular complexity index is 1180. The number of nitrogens with zero attached hydrogens (tertiary/aromatic N) is 2. The van der Waals surface area contributed by atoms with Crippen molar-refractivity contribution >= 4 is 40.6 Å². The Hall–Kier alpha value is -2.71. The average molecular weight is 457 g/mol. The highest BCUT2D eigenvalue weighted by molar-refractivity contribution is 8.01.